The van der Waals surface area contributed by atoms with Crippen LogP contribution in [0.2, 0.25) is 0 Å². The van der Waals surface area contributed by atoms with Crippen molar-refractivity contribution >= 4 is 17.5 Å². The fraction of sp³-hybridized carbons (Fsp3) is 0.559. The quantitative estimate of drug-likeness (QED) is 0.223. The van der Waals surface area contributed by atoms with Crippen molar-refractivity contribution in [3.8, 4) is 17.2 Å². The van der Waals surface area contributed by atoms with Gasteiger partial charge in [0.2, 0.25) is 5.78 Å². The van der Waals surface area contributed by atoms with Gasteiger partial charge >= 0.3 is 0 Å². The first-order valence-corrected chi connectivity index (χ1v) is 16.5. The molecule has 0 radical (unpaired) electrons. The first-order chi connectivity index (χ1) is 23.4. The molecule has 6 aliphatic rings. The number of benzene rings is 2. The van der Waals surface area contributed by atoms with Gasteiger partial charge in [0.1, 0.15) is 29.0 Å². The molecule has 1 saturated carbocycles. The molecular formula is C34H39N3O12. The molecule has 15 heteroatoms. The third-order valence-corrected chi connectivity index (χ3v) is 10.8. The number of aliphatic hydroxyl groups is 1. The highest BCUT2D eigenvalue weighted by Gasteiger charge is 2.55. The van der Waals surface area contributed by atoms with Crippen molar-refractivity contribution in [3.05, 3.63) is 51.6 Å². The molecule has 0 unspecified atom stereocenters. The maximum Gasteiger partial charge on any atom is 0.252 e. The molecule has 6 N–H and O–H groups in total. The van der Waals surface area contributed by atoms with Crippen LogP contribution in [0, 0.1) is 0 Å². The summed E-state index contributed by atoms with van der Waals surface area (Å²) in [5.41, 5.74) is 2.80. The Kier molecular flexibility index (Phi) is 7.77. The van der Waals surface area contributed by atoms with Gasteiger partial charge in [0.25, 0.3) is 5.91 Å². The van der Waals surface area contributed by atoms with Crippen LogP contribution in [-0.4, -0.2) is 120 Å². The van der Waals surface area contributed by atoms with E-state index < -0.39 is 83.1 Å². The minimum Gasteiger partial charge on any atom is -0.507 e. The van der Waals surface area contributed by atoms with E-state index in [-0.39, 0.29) is 58.7 Å². The Hall–Kier alpha value is -3.67. The minimum atomic E-state index is -2.14. The highest BCUT2D eigenvalue weighted by molar-refractivity contribution is 6.31. The Morgan fingerprint density at radius 1 is 1.08 bits per heavy atom. The van der Waals surface area contributed by atoms with Crippen molar-refractivity contribution in [2.75, 3.05) is 27.4 Å². The van der Waals surface area contributed by atoms with Crippen LogP contribution in [0.5, 0.6) is 17.2 Å². The third-order valence-electron chi connectivity index (χ3n) is 10.8. The maximum atomic E-state index is 14.0. The van der Waals surface area contributed by atoms with E-state index in [1.807, 2.05) is 6.92 Å². The largest absolute Gasteiger partial charge is 0.507 e. The lowest BCUT2D eigenvalue weighted by molar-refractivity contribution is -0.256. The van der Waals surface area contributed by atoms with Crippen molar-refractivity contribution in [2.24, 2.45) is 5.73 Å². The highest BCUT2D eigenvalue weighted by Crippen LogP contribution is 2.53. The zero-order valence-corrected chi connectivity index (χ0v) is 27.2. The van der Waals surface area contributed by atoms with Gasteiger partial charge in [0.05, 0.1) is 42.6 Å². The number of phenols is 2. The molecule has 262 valence electrons. The number of carbonyl (C=O) groups excluding carboxylic acids is 3. The predicted octanol–water partition coefficient (Wildman–Crippen LogP) is 0.366. The fourth-order valence-corrected chi connectivity index (χ4v) is 8.19. The van der Waals surface area contributed by atoms with Gasteiger partial charge in [-0.15, -0.1) is 0 Å². The summed E-state index contributed by atoms with van der Waals surface area (Å²) < 4.78 is 35.7. The number of hydrogen-bond acceptors (Lipinski definition) is 14. The van der Waals surface area contributed by atoms with Gasteiger partial charge in [-0.3, -0.25) is 19.3 Å². The van der Waals surface area contributed by atoms with Crippen molar-refractivity contribution in [2.45, 2.75) is 93.5 Å². The minimum absolute atomic E-state index is 0.0129. The molecule has 3 aliphatic carbocycles. The number of nitrogens with one attached hydrogen (secondary N) is 1. The summed E-state index contributed by atoms with van der Waals surface area (Å²) in [6, 6.07) is 3.76. The van der Waals surface area contributed by atoms with Crippen LogP contribution in [0.15, 0.2) is 18.2 Å². The molecule has 15 nitrogen and oxygen atoms in total. The Morgan fingerprint density at radius 2 is 1.84 bits per heavy atom. The Bertz CT molecular complexity index is 1750. The number of phenolic OH excluding ortho intramolecular Hbond substituents is 2. The van der Waals surface area contributed by atoms with Crippen molar-refractivity contribution in [1.82, 2.24) is 10.2 Å². The summed E-state index contributed by atoms with van der Waals surface area (Å²) in [6.45, 7) is 2.87. The summed E-state index contributed by atoms with van der Waals surface area (Å²) in [4.78, 5) is 43.6. The second kappa shape index (κ2) is 11.7. The number of morpholine rings is 1. The summed E-state index contributed by atoms with van der Waals surface area (Å²) in [5, 5.41) is 38.3. The van der Waals surface area contributed by atoms with Crippen molar-refractivity contribution < 1.29 is 58.1 Å². The third kappa shape index (κ3) is 4.98. The van der Waals surface area contributed by atoms with Gasteiger partial charge in [-0.25, -0.2) is 0 Å². The summed E-state index contributed by atoms with van der Waals surface area (Å²) in [7, 11) is 2.91. The van der Waals surface area contributed by atoms with Gasteiger partial charge in [0, 0.05) is 67.7 Å². The number of amides is 1. The number of ether oxygens (including phenoxy) is 6. The Labute approximate surface area is 281 Å². The predicted molar refractivity (Wildman–Crippen MR) is 166 cm³/mol. The van der Waals surface area contributed by atoms with Crippen LogP contribution < -0.4 is 15.8 Å². The Balaban J connectivity index is 1.19. The number of nitrogens with zero attached hydrogens (tertiary/aromatic N) is 1. The fourth-order valence-electron chi connectivity index (χ4n) is 8.19. The molecular weight excluding hydrogens is 642 g/mol. The second-order valence-corrected chi connectivity index (χ2v) is 13.7. The zero-order valence-electron chi connectivity index (χ0n) is 27.2. The van der Waals surface area contributed by atoms with E-state index in [0.717, 1.165) is 0 Å². The number of fused-ring (bicyclic) bond motifs is 6. The maximum absolute atomic E-state index is 14.0. The van der Waals surface area contributed by atoms with Gasteiger partial charge in [-0.2, -0.15) is 0 Å². The van der Waals surface area contributed by atoms with Gasteiger partial charge < -0.3 is 54.8 Å². The molecule has 4 fully saturated rings. The number of aromatic hydroxyl groups is 2. The smallest absolute Gasteiger partial charge is 0.252 e. The van der Waals surface area contributed by atoms with E-state index >= 15 is 0 Å². The van der Waals surface area contributed by atoms with Crippen LogP contribution in [0.25, 0.3) is 0 Å². The van der Waals surface area contributed by atoms with E-state index in [1.54, 1.807) is 13.2 Å². The molecule has 3 aliphatic heterocycles. The highest BCUT2D eigenvalue weighted by atomic mass is 16.7. The van der Waals surface area contributed by atoms with Gasteiger partial charge in [-0.05, 0) is 19.4 Å². The first-order valence-electron chi connectivity index (χ1n) is 16.5. The number of methoxy groups -OCH3 is 2. The average molecular weight is 682 g/mol. The monoisotopic (exact) mass is 681 g/mol. The zero-order chi connectivity index (χ0) is 34.5. The Morgan fingerprint density at radius 3 is 2.55 bits per heavy atom. The van der Waals surface area contributed by atoms with E-state index in [1.165, 1.54) is 19.2 Å². The van der Waals surface area contributed by atoms with E-state index in [0.29, 0.717) is 26.0 Å². The summed E-state index contributed by atoms with van der Waals surface area (Å²) in [6.07, 6.45) is -3.95. The summed E-state index contributed by atoms with van der Waals surface area (Å²) >= 11 is 0. The van der Waals surface area contributed by atoms with Crippen LogP contribution in [0.1, 0.15) is 75.3 Å². The van der Waals surface area contributed by atoms with Crippen molar-refractivity contribution in [3.63, 3.8) is 0 Å². The molecule has 0 spiro atoms. The standard InChI is InChI=1S/C34H39N3O12/c1-13-30-18(37-7-8-46-32(45-3)31(37)49-30)10-21(47-13)48-20-12-34(43,33(42)36-17-9-16(17)35)11-15-23(20)29(41)25-24(27(15)39)26(38)14-5-4-6-19(44-2)22(14)28(25)40/h4-6,13,16-18,20-21,30-32,39,41,43H,7-12,35H2,1-3H3,(H,36,42)/t13-,16+,17-,18-,20-,21-,30+,31+,32-,34-/m0/s1. The molecule has 49 heavy (non-hydrogen) atoms. The topological polar surface area (TPSA) is 209 Å². The molecule has 1 amide bonds. The molecule has 2 aromatic carbocycles. The van der Waals surface area contributed by atoms with E-state index in [2.05, 4.69) is 10.2 Å². The van der Waals surface area contributed by atoms with Crippen LogP contribution in [0.4, 0.5) is 0 Å². The molecule has 3 heterocycles. The molecule has 2 aromatic rings. The molecule has 8 rings (SSSR count). The lowest BCUT2D eigenvalue weighted by Gasteiger charge is -2.43. The number of ketones is 2. The molecule has 3 saturated heterocycles. The van der Waals surface area contributed by atoms with Crippen LogP contribution in [-0.2, 0) is 34.9 Å². The average Bonchev–Trinajstić information content (AvgIpc) is 3.64. The second-order valence-electron chi connectivity index (χ2n) is 13.7. The SMILES string of the molecule is COc1cccc2c1C(=O)c1c(O)c3c(c(O)c1C2=O)C[C@@](O)(C(=O)N[C@H]1C[C@H]1N)C[C@@H]3O[C@H]1C[C@H]2[C@H](O[C@@H]3[C@@H](OC)OCCN32)[C@H](C)O1. The molecule has 0 bridgehead atoms. The van der Waals surface area contributed by atoms with Crippen LogP contribution >= 0.6 is 0 Å². The molecule has 10 atom stereocenters. The normalized spacial score (nSPS) is 36.2. The van der Waals surface area contributed by atoms with E-state index in [9.17, 15) is 29.7 Å². The molecule has 0 aromatic heterocycles. The van der Waals surface area contributed by atoms with Crippen molar-refractivity contribution in [1.29, 1.82) is 0 Å². The first kappa shape index (κ1) is 32.5. The lowest BCUT2D eigenvalue weighted by atomic mass is 9.72. The number of hydrogen-bond donors (Lipinski definition) is 5. The van der Waals surface area contributed by atoms with Gasteiger partial charge in [0.15, 0.2) is 24.6 Å². The number of nitrogens with two attached hydrogens (primary N) is 1. The van der Waals surface area contributed by atoms with Gasteiger partial charge in [-0.1, -0.05) is 12.1 Å². The lowest BCUT2D eigenvalue weighted by Crippen LogP contribution is -2.55. The summed E-state index contributed by atoms with van der Waals surface area (Å²) in [5.74, 6) is -3.26. The van der Waals surface area contributed by atoms with Crippen LogP contribution in [0.3, 0.4) is 0 Å². The number of rotatable bonds is 6. The van der Waals surface area contributed by atoms with E-state index in [4.69, 9.17) is 34.2 Å². The number of carbonyl (C=O) groups is 3.